The van der Waals surface area contributed by atoms with Crippen LogP contribution in [0.2, 0.25) is 5.15 Å². The van der Waals surface area contributed by atoms with Crippen LogP contribution in [-0.2, 0) is 13.6 Å². The second-order valence-electron chi connectivity index (χ2n) is 7.49. The highest BCUT2D eigenvalue weighted by atomic mass is 35.5. The molecular weight excluding hydrogens is 456 g/mol. The monoisotopic (exact) mass is 471 g/mol. The van der Waals surface area contributed by atoms with E-state index >= 15 is 0 Å². The van der Waals surface area contributed by atoms with E-state index in [0.717, 1.165) is 40.2 Å². The summed E-state index contributed by atoms with van der Waals surface area (Å²) in [6, 6.07) is 11.1. The van der Waals surface area contributed by atoms with E-state index in [-0.39, 0.29) is 27.4 Å². The van der Waals surface area contributed by atoms with Crippen LogP contribution in [0.4, 0.5) is 8.78 Å². The SMILES string of the molecule is Cn1ncc([C@H]2CN(C(=O)c3nnc(-c4ccc(F)cc4F)s3)Cc3ccccc32)c1Cl. The average Bonchev–Trinajstić information content (AvgIpc) is 3.40. The topological polar surface area (TPSA) is 63.9 Å². The van der Waals surface area contributed by atoms with Crippen LogP contribution < -0.4 is 0 Å². The van der Waals surface area contributed by atoms with Gasteiger partial charge in [0.2, 0.25) is 5.01 Å². The summed E-state index contributed by atoms with van der Waals surface area (Å²) in [5.41, 5.74) is 3.04. The summed E-state index contributed by atoms with van der Waals surface area (Å²) in [6.45, 7) is 0.796. The minimum Gasteiger partial charge on any atom is -0.331 e. The number of hydrogen-bond donors (Lipinski definition) is 0. The highest BCUT2D eigenvalue weighted by Crippen LogP contribution is 2.37. The number of halogens is 3. The maximum Gasteiger partial charge on any atom is 0.285 e. The van der Waals surface area contributed by atoms with Gasteiger partial charge in [-0.05, 0) is 23.3 Å². The second kappa shape index (κ2) is 8.07. The number of nitrogens with zero attached hydrogens (tertiary/aromatic N) is 5. The zero-order valence-electron chi connectivity index (χ0n) is 16.8. The number of fused-ring (bicyclic) bond motifs is 1. The van der Waals surface area contributed by atoms with Crippen molar-refractivity contribution >= 4 is 28.8 Å². The first-order valence-electron chi connectivity index (χ1n) is 9.75. The lowest BCUT2D eigenvalue weighted by atomic mass is 9.86. The smallest absolute Gasteiger partial charge is 0.285 e. The summed E-state index contributed by atoms with van der Waals surface area (Å²) in [5, 5.41) is 13.1. The van der Waals surface area contributed by atoms with Gasteiger partial charge in [-0.3, -0.25) is 9.48 Å². The molecular formula is C22H16ClF2N5OS. The van der Waals surface area contributed by atoms with E-state index in [1.54, 1.807) is 22.8 Å². The highest BCUT2D eigenvalue weighted by Gasteiger charge is 2.33. The van der Waals surface area contributed by atoms with Crippen LogP contribution in [0.3, 0.4) is 0 Å². The lowest BCUT2D eigenvalue weighted by Gasteiger charge is -2.34. The van der Waals surface area contributed by atoms with Gasteiger partial charge in [-0.25, -0.2) is 8.78 Å². The first-order chi connectivity index (χ1) is 15.4. The zero-order valence-corrected chi connectivity index (χ0v) is 18.4. The number of aryl methyl sites for hydroxylation is 1. The molecule has 0 aliphatic carbocycles. The minimum absolute atomic E-state index is 0.104. The van der Waals surface area contributed by atoms with E-state index in [0.29, 0.717) is 18.2 Å². The van der Waals surface area contributed by atoms with Gasteiger partial charge in [0.25, 0.3) is 5.91 Å². The van der Waals surface area contributed by atoms with Crippen LogP contribution in [0.5, 0.6) is 0 Å². The molecule has 6 nitrogen and oxygen atoms in total. The fourth-order valence-electron chi connectivity index (χ4n) is 3.92. The van der Waals surface area contributed by atoms with Crippen LogP contribution in [-0.4, -0.2) is 37.3 Å². The number of rotatable bonds is 3. The number of amides is 1. The maximum atomic E-state index is 14.1. The molecule has 10 heteroatoms. The Labute approximate surface area is 191 Å². The van der Waals surface area contributed by atoms with E-state index in [1.165, 1.54) is 6.07 Å². The van der Waals surface area contributed by atoms with Crippen molar-refractivity contribution in [1.82, 2.24) is 24.9 Å². The van der Waals surface area contributed by atoms with Gasteiger partial charge in [0.1, 0.15) is 16.8 Å². The van der Waals surface area contributed by atoms with Crippen molar-refractivity contribution in [3.8, 4) is 10.6 Å². The molecule has 1 atom stereocenters. The van der Waals surface area contributed by atoms with Gasteiger partial charge in [-0.15, -0.1) is 10.2 Å². The van der Waals surface area contributed by atoms with Crippen LogP contribution in [0.25, 0.3) is 10.6 Å². The second-order valence-corrected chi connectivity index (χ2v) is 8.82. The fraction of sp³-hybridized carbons (Fsp3) is 0.182. The Morgan fingerprint density at radius 1 is 1.16 bits per heavy atom. The minimum atomic E-state index is -0.752. The molecule has 0 radical (unpaired) electrons. The molecule has 0 saturated heterocycles. The molecule has 0 unspecified atom stereocenters. The third-order valence-electron chi connectivity index (χ3n) is 5.52. The number of benzene rings is 2. The molecule has 0 spiro atoms. The van der Waals surface area contributed by atoms with Gasteiger partial charge in [-0.1, -0.05) is 47.2 Å². The van der Waals surface area contributed by atoms with Crippen molar-refractivity contribution in [2.45, 2.75) is 12.5 Å². The van der Waals surface area contributed by atoms with Crippen LogP contribution in [0.15, 0.2) is 48.7 Å². The molecule has 0 bridgehead atoms. The Morgan fingerprint density at radius 2 is 1.97 bits per heavy atom. The summed E-state index contributed by atoms with van der Waals surface area (Å²) < 4.78 is 28.9. The largest absolute Gasteiger partial charge is 0.331 e. The van der Waals surface area contributed by atoms with Gasteiger partial charge >= 0.3 is 0 Å². The van der Waals surface area contributed by atoms with E-state index in [2.05, 4.69) is 15.3 Å². The molecule has 0 fully saturated rings. The van der Waals surface area contributed by atoms with E-state index in [9.17, 15) is 13.6 Å². The van der Waals surface area contributed by atoms with Crippen molar-refractivity contribution in [3.63, 3.8) is 0 Å². The van der Waals surface area contributed by atoms with E-state index in [4.69, 9.17) is 11.6 Å². The third kappa shape index (κ3) is 3.57. The molecule has 0 N–H and O–H groups in total. The van der Waals surface area contributed by atoms with Gasteiger partial charge < -0.3 is 4.90 Å². The number of hydrogen-bond acceptors (Lipinski definition) is 5. The first kappa shape index (κ1) is 20.7. The number of carbonyl (C=O) groups is 1. The Kier molecular flexibility index (Phi) is 5.22. The van der Waals surface area contributed by atoms with Crippen molar-refractivity contribution < 1.29 is 13.6 Å². The first-order valence-corrected chi connectivity index (χ1v) is 10.9. The van der Waals surface area contributed by atoms with Gasteiger partial charge in [0.05, 0.1) is 6.20 Å². The molecule has 32 heavy (non-hydrogen) atoms. The normalized spacial score (nSPS) is 15.6. The quantitative estimate of drug-likeness (QED) is 0.436. The molecule has 162 valence electrons. The zero-order chi connectivity index (χ0) is 22.4. The maximum absolute atomic E-state index is 14.1. The van der Waals surface area contributed by atoms with Crippen molar-refractivity contribution in [2.24, 2.45) is 7.05 Å². The van der Waals surface area contributed by atoms with E-state index in [1.807, 2.05) is 24.3 Å². The molecule has 1 aliphatic heterocycles. The van der Waals surface area contributed by atoms with Gasteiger partial charge in [0.15, 0.2) is 5.01 Å². The summed E-state index contributed by atoms with van der Waals surface area (Å²) in [4.78, 5) is 15.0. The summed E-state index contributed by atoms with van der Waals surface area (Å²) in [5.74, 6) is -1.89. The van der Waals surface area contributed by atoms with Crippen LogP contribution in [0.1, 0.15) is 32.4 Å². The molecule has 2 aromatic carbocycles. The molecule has 5 rings (SSSR count). The number of carbonyl (C=O) groups excluding carboxylic acids is 1. The van der Waals surface area contributed by atoms with Crippen LogP contribution in [0, 0.1) is 11.6 Å². The average molecular weight is 472 g/mol. The van der Waals surface area contributed by atoms with Gasteiger partial charge in [-0.2, -0.15) is 5.10 Å². The Morgan fingerprint density at radius 3 is 2.72 bits per heavy atom. The Hall–Kier alpha value is -3.17. The summed E-state index contributed by atoms with van der Waals surface area (Å²) in [7, 11) is 1.76. The predicted molar refractivity (Wildman–Crippen MR) is 117 cm³/mol. The third-order valence-corrected chi connectivity index (χ3v) is 6.93. The molecule has 0 saturated carbocycles. The lowest BCUT2D eigenvalue weighted by molar-refractivity contribution is 0.0723. The molecule has 1 aliphatic rings. The van der Waals surface area contributed by atoms with Crippen molar-refractivity contribution in [3.05, 3.63) is 87.1 Å². The molecule has 3 heterocycles. The molecule has 2 aromatic heterocycles. The highest BCUT2D eigenvalue weighted by molar-refractivity contribution is 7.16. The van der Waals surface area contributed by atoms with Crippen molar-refractivity contribution in [2.75, 3.05) is 6.54 Å². The number of aromatic nitrogens is 4. The van der Waals surface area contributed by atoms with Gasteiger partial charge in [0, 0.05) is 43.2 Å². The predicted octanol–water partition coefficient (Wildman–Crippen LogP) is 4.66. The molecule has 1 amide bonds. The lowest BCUT2D eigenvalue weighted by Crippen LogP contribution is -2.38. The Bertz CT molecular complexity index is 1340. The summed E-state index contributed by atoms with van der Waals surface area (Å²) in [6.07, 6.45) is 1.72. The van der Waals surface area contributed by atoms with Crippen molar-refractivity contribution in [1.29, 1.82) is 0 Å². The van der Waals surface area contributed by atoms with Crippen LogP contribution >= 0.6 is 22.9 Å². The Balaban J connectivity index is 1.47. The molecule has 4 aromatic rings. The standard InChI is InChI=1S/C22H16ClF2N5OS/c1-29-19(23)16(9-26-29)17-11-30(10-12-4-2-3-5-14(12)17)22(31)21-28-27-20(32-21)15-7-6-13(24)8-18(15)25/h2-9,17H,10-11H2,1H3/t17-/m0/s1. The summed E-state index contributed by atoms with van der Waals surface area (Å²) >= 11 is 7.44. The fourth-order valence-corrected chi connectivity index (χ4v) is 4.98. The van der Waals surface area contributed by atoms with E-state index < -0.39 is 11.6 Å².